The van der Waals surface area contributed by atoms with Crippen LogP contribution in [0, 0.1) is 6.92 Å². The Hall–Kier alpha value is -2.72. The van der Waals surface area contributed by atoms with Gasteiger partial charge in [0, 0.05) is 25.3 Å². The summed E-state index contributed by atoms with van der Waals surface area (Å²) < 4.78 is 29.9. The molecule has 0 saturated carbocycles. The van der Waals surface area contributed by atoms with Crippen LogP contribution in [0.4, 0.5) is 11.8 Å². The Morgan fingerprint density at radius 2 is 1.97 bits per heavy atom. The molecule has 10 heteroatoms. The van der Waals surface area contributed by atoms with Gasteiger partial charge in [-0.1, -0.05) is 11.6 Å². The second kappa shape index (κ2) is 8.34. The third kappa shape index (κ3) is 4.83. The fraction of sp³-hybridized carbons (Fsp3) is 0.421. The van der Waals surface area contributed by atoms with E-state index < -0.39 is 10.0 Å². The molecule has 0 atom stereocenters. The summed E-state index contributed by atoms with van der Waals surface area (Å²) in [5.74, 6) is 0.536. The van der Waals surface area contributed by atoms with Crippen molar-refractivity contribution in [3.8, 4) is 5.75 Å². The molecule has 2 aromatic rings. The summed E-state index contributed by atoms with van der Waals surface area (Å²) in [4.78, 5) is 21.4. The maximum Gasteiger partial charge on any atom is 0.224 e. The molecule has 9 nitrogen and oxygen atoms in total. The van der Waals surface area contributed by atoms with Crippen LogP contribution in [0.2, 0.25) is 0 Å². The smallest absolute Gasteiger partial charge is 0.224 e. The van der Waals surface area contributed by atoms with Crippen molar-refractivity contribution in [2.45, 2.75) is 25.8 Å². The highest BCUT2D eigenvalue weighted by Crippen LogP contribution is 2.25. The molecule has 0 aliphatic carbocycles. The van der Waals surface area contributed by atoms with Gasteiger partial charge in [0.2, 0.25) is 21.8 Å². The van der Waals surface area contributed by atoms with Crippen molar-refractivity contribution in [2.24, 2.45) is 0 Å². The first-order valence-corrected chi connectivity index (χ1v) is 11.1. The summed E-state index contributed by atoms with van der Waals surface area (Å²) in [5, 5.41) is 3.17. The zero-order valence-corrected chi connectivity index (χ0v) is 17.5. The summed E-state index contributed by atoms with van der Waals surface area (Å²) >= 11 is 0. The molecule has 1 aliphatic rings. The van der Waals surface area contributed by atoms with Gasteiger partial charge >= 0.3 is 0 Å². The number of ether oxygens (including phenoxy) is 1. The van der Waals surface area contributed by atoms with Crippen LogP contribution in [0.5, 0.6) is 5.75 Å². The number of sulfonamides is 1. The van der Waals surface area contributed by atoms with Crippen LogP contribution in [0.15, 0.2) is 24.4 Å². The van der Waals surface area contributed by atoms with Gasteiger partial charge in [-0.3, -0.25) is 4.79 Å². The van der Waals surface area contributed by atoms with E-state index in [-0.39, 0.29) is 23.2 Å². The van der Waals surface area contributed by atoms with Gasteiger partial charge in [0.15, 0.2) is 0 Å². The highest BCUT2D eigenvalue weighted by atomic mass is 32.2. The molecule has 0 amide bonds. The molecule has 1 aromatic carbocycles. The van der Waals surface area contributed by atoms with Crippen molar-refractivity contribution >= 4 is 27.6 Å². The first kappa shape index (κ1) is 21.0. The van der Waals surface area contributed by atoms with E-state index in [1.54, 1.807) is 12.1 Å². The largest absolute Gasteiger partial charge is 0.496 e. The van der Waals surface area contributed by atoms with E-state index in [9.17, 15) is 13.2 Å². The molecule has 0 unspecified atom stereocenters. The number of nitrogens with one attached hydrogen (secondary N) is 1. The molecule has 3 N–H and O–H groups in total. The molecule has 3 rings (SSSR count). The lowest BCUT2D eigenvalue weighted by molar-refractivity contribution is 0.103. The van der Waals surface area contributed by atoms with Crippen molar-refractivity contribution < 1.29 is 17.9 Å². The fourth-order valence-electron chi connectivity index (χ4n) is 3.30. The van der Waals surface area contributed by atoms with Crippen LogP contribution in [0.3, 0.4) is 0 Å². The predicted octanol–water partition coefficient (Wildman–Crippen LogP) is 1.44. The van der Waals surface area contributed by atoms with E-state index in [0.29, 0.717) is 43.2 Å². The van der Waals surface area contributed by atoms with E-state index in [0.717, 1.165) is 5.56 Å². The lowest BCUT2D eigenvalue weighted by atomic mass is 10.0. The number of methoxy groups -OCH3 is 1. The maximum atomic E-state index is 12.9. The van der Waals surface area contributed by atoms with Crippen LogP contribution in [0.1, 0.15) is 34.3 Å². The standard InChI is InChI=1S/C19H25N5O4S/c1-12-4-5-16(28-2)14(10-12)17(25)15-11-21-19(23-18(15)20)22-13-6-8-24(9-7-13)29(3,26)27/h4-5,10-11,13H,6-9H2,1-3H3,(H3,20,21,22,23). The van der Waals surface area contributed by atoms with Gasteiger partial charge in [0.05, 0.1) is 24.5 Å². The van der Waals surface area contributed by atoms with E-state index in [1.165, 1.54) is 23.9 Å². The number of nitrogen functional groups attached to an aromatic ring is 1. The number of rotatable bonds is 6. The number of carbonyl (C=O) groups excluding carboxylic acids is 1. The van der Waals surface area contributed by atoms with Gasteiger partial charge in [-0.15, -0.1) is 0 Å². The van der Waals surface area contributed by atoms with Gasteiger partial charge < -0.3 is 15.8 Å². The topological polar surface area (TPSA) is 128 Å². The van der Waals surface area contributed by atoms with Crippen LogP contribution in [-0.4, -0.2) is 61.0 Å². The van der Waals surface area contributed by atoms with Gasteiger partial charge in [0.25, 0.3) is 0 Å². The average Bonchev–Trinajstić information content (AvgIpc) is 2.67. The predicted molar refractivity (Wildman–Crippen MR) is 111 cm³/mol. The first-order chi connectivity index (χ1) is 13.7. The average molecular weight is 420 g/mol. The highest BCUT2D eigenvalue weighted by molar-refractivity contribution is 7.88. The third-order valence-electron chi connectivity index (χ3n) is 4.92. The first-order valence-electron chi connectivity index (χ1n) is 9.22. The number of piperidine rings is 1. The van der Waals surface area contributed by atoms with Crippen LogP contribution in [0.25, 0.3) is 0 Å². The molecule has 1 aliphatic heterocycles. The molecule has 29 heavy (non-hydrogen) atoms. The lowest BCUT2D eigenvalue weighted by Crippen LogP contribution is -2.42. The number of nitrogens with zero attached hydrogens (tertiary/aromatic N) is 3. The molecule has 0 bridgehead atoms. The van der Waals surface area contributed by atoms with E-state index >= 15 is 0 Å². The summed E-state index contributed by atoms with van der Waals surface area (Å²) in [7, 11) is -1.67. The third-order valence-corrected chi connectivity index (χ3v) is 6.22. The fourth-order valence-corrected chi connectivity index (χ4v) is 4.17. The summed E-state index contributed by atoms with van der Waals surface area (Å²) in [5.41, 5.74) is 7.56. The molecule has 0 spiro atoms. The Bertz CT molecular complexity index is 1020. The summed E-state index contributed by atoms with van der Waals surface area (Å²) in [6, 6.07) is 5.36. The van der Waals surface area contributed by atoms with Crippen molar-refractivity contribution in [1.82, 2.24) is 14.3 Å². The number of hydrogen-bond donors (Lipinski definition) is 2. The maximum absolute atomic E-state index is 12.9. The van der Waals surface area contributed by atoms with Gasteiger partial charge in [0.1, 0.15) is 11.6 Å². The Balaban J connectivity index is 1.73. The van der Waals surface area contributed by atoms with Crippen molar-refractivity contribution in [1.29, 1.82) is 0 Å². The summed E-state index contributed by atoms with van der Waals surface area (Å²) in [6.45, 7) is 2.77. The van der Waals surface area contributed by atoms with Gasteiger partial charge in [-0.25, -0.2) is 17.7 Å². The second-order valence-corrected chi connectivity index (χ2v) is 9.09. The van der Waals surface area contributed by atoms with E-state index in [1.807, 2.05) is 13.0 Å². The minimum Gasteiger partial charge on any atom is -0.496 e. The molecule has 156 valence electrons. The van der Waals surface area contributed by atoms with Crippen molar-refractivity contribution in [2.75, 3.05) is 37.5 Å². The van der Waals surface area contributed by atoms with Crippen LogP contribution >= 0.6 is 0 Å². The lowest BCUT2D eigenvalue weighted by Gasteiger charge is -2.30. The Labute approximate surface area is 170 Å². The normalized spacial score (nSPS) is 15.8. The zero-order valence-electron chi connectivity index (χ0n) is 16.7. The number of ketones is 1. The van der Waals surface area contributed by atoms with Gasteiger partial charge in [-0.2, -0.15) is 4.98 Å². The number of benzene rings is 1. The highest BCUT2D eigenvalue weighted by Gasteiger charge is 2.25. The molecular weight excluding hydrogens is 394 g/mol. The SMILES string of the molecule is COc1ccc(C)cc1C(=O)c1cnc(NC2CCN(S(C)(=O)=O)CC2)nc1N. The van der Waals surface area contributed by atoms with Gasteiger partial charge in [-0.05, 0) is 31.9 Å². The number of aromatic nitrogens is 2. The molecule has 0 radical (unpaired) electrons. The Kier molecular flexibility index (Phi) is 6.04. The quantitative estimate of drug-likeness (QED) is 0.673. The number of aryl methyl sites for hydroxylation is 1. The zero-order chi connectivity index (χ0) is 21.2. The minimum absolute atomic E-state index is 0.0332. The Morgan fingerprint density at radius 1 is 1.28 bits per heavy atom. The Morgan fingerprint density at radius 3 is 2.55 bits per heavy atom. The van der Waals surface area contributed by atoms with Crippen LogP contribution in [-0.2, 0) is 10.0 Å². The van der Waals surface area contributed by atoms with Crippen molar-refractivity contribution in [3.63, 3.8) is 0 Å². The van der Waals surface area contributed by atoms with E-state index in [2.05, 4.69) is 15.3 Å². The molecular formula is C19H25N5O4S. The molecule has 2 heterocycles. The van der Waals surface area contributed by atoms with E-state index in [4.69, 9.17) is 10.5 Å². The number of anilines is 2. The molecule has 1 saturated heterocycles. The summed E-state index contributed by atoms with van der Waals surface area (Å²) in [6.07, 6.45) is 3.89. The minimum atomic E-state index is -3.17. The monoisotopic (exact) mass is 419 g/mol. The van der Waals surface area contributed by atoms with Crippen LogP contribution < -0.4 is 15.8 Å². The number of nitrogens with two attached hydrogens (primary N) is 1. The number of hydrogen-bond acceptors (Lipinski definition) is 8. The number of carbonyl (C=O) groups is 1. The molecule has 1 fully saturated rings. The van der Waals surface area contributed by atoms with Crippen molar-refractivity contribution in [3.05, 3.63) is 41.1 Å². The molecule has 1 aromatic heterocycles. The second-order valence-electron chi connectivity index (χ2n) is 7.11.